The molecule has 5 unspecified atom stereocenters. The van der Waals surface area contributed by atoms with Gasteiger partial charge in [0.05, 0.1) is 32.1 Å². The Labute approximate surface area is 311 Å². The molecule has 12 nitrogen and oxygen atoms in total. The van der Waals surface area contributed by atoms with E-state index in [1.807, 2.05) is 114 Å². The molecule has 0 fully saturated rings. The summed E-state index contributed by atoms with van der Waals surface area (Å²) in [6.45, 7) is 9.15. The summed E-state index contributed by atoms with van der Waals surface area (Å²) < 4.78 is 8.87. The number of benzene rings is 2. The molecule has 0 bridgehead atoms. The number of nitrogens with one attached hydrogen (secondary N) is 4. The number of rotatable bonds is 16. The van der Waals surface area contributed by atoms with Crippen molar-refractivity contribution in [1.29, 1.82) is 0 Å². The molecule has 0 radical (unpaired) electrons. The third-order valence-electron chi connectivity index (χ3n) is 8.87. The number of thioether (sulfide) groups is 1. The van der Waals surface area contributed by atoms with Crippen LogP contribution < -0.4 is 21.3 Å². The van der Waals surface area contributed by atoms with Crippen molar-refractivity contribution in [2.75, 3.05) is 20.5 Å². The second-order valence-electron chi connectivity index (χ2n) is 14.2. The highest BCUT2D eigenvalue weighted by Crippen LogP contribution is 2.27. The highest BCUT2D eigenvalue weighted by atomic mass is 32.2. The molecule has 5 atom stereocenters. The molecule has 1 heterocycles. The summed E-state index contributed by atoms with van der Waals surface area (Å²) >= 11 is 1.40. The zero-order valence-electron chi connectivity index (χ0n) is 31.3. The fourth-order valence-electron chi connectivity index (χ4n) is 5.68. The van der Waals surface area contributed by atoms with Crippen LogP contribution in [0, 0.1) is 5.41 Å². The summed E-state index contributed by atoms with van der Waals surface area (Å²) in [5.74, 6) is -0.946. The van der Waals surface area contributed by atoms with Crippen LogP contribution in [0.1, 0.15) is 52.2 Å². The van der Waals surface area contributed by atoms with Crippen LogP contribution in [0.5, 0.6) is 0 Å². The Kier molecular flexibility index (Phi) is 15.5. The predicted octanol–water partition coefficient (Wildman–Crippen LogP) is 4.89. The highest BCUT2D eigenvalue weighted by Gasteiger charge is 2.39. The van der Waals surface area contributed by atoms with Gasteiger partial charge in [-0.25, -0.2) is 9.59 Å². The van der Waals surface area contributed by atoms with Gasteiger partial charge in [0.15, 0.2) is 0 Å². The summed E-state index contributed by atoms with van der Waals surface area (Å²) in [4.78, 5) is 56.7. The van der Waals surface area contributed by atoms with Gasteiger partial charge >= 0.3 is 12.2 Å². The molecular weight excluding hydrogens is 683 g/mol. The van der Waals surface area contributed by atoms with Crippen molar-refractivity contribution in [2.45, 2.75) is 88.9 Å². The highest BCUT2D eigenvalue weighted by molar-refractivity contribution is 8.00. The average molecular weight is 736 g/mol. The molecule has 0 aliphatic heterocycles. The average Bonchev–Trinajstić information content (AvgIpc) is 3.12. The van der Waals surface area contributed by atoms with Crippen molar-refractivity contribution in [2.24, 2.45) is 5.41 Å². The summed E-state index contributed by atoms with van der Waals surface area (Å²) in [6, 6.07) is 19.5. The largest absolute Gasteiger partial charge is 0.453 e. The van der Waals surface area contributed by atoms with Crippen molar-refractivity contribution in [3.05, 3.63) is 90.1 Å². The van der Waals surface area contributed by atoms with Crippen molar-refractivity contribution >= 4 is 35.8 Å². The van der Waals surface area contributed by atoms with Gasteiger partial charge in [0.1, 0.15) is 12.1 Å². The monoisotopic (exact) mass is 735 g/mol. The molecule has 0 aliphatic rings. The van der Waals surface area contributed by atoms with Gasteiger partial charge in [-0.3, -0.25) is 14.6 Å². The minimum atomic E-state index is -1.15. The van der Waals surface area contributed by atoms with Crippen LogP contribution in [-0.4, -0.2) is 89.6 Å². The zero-order valence-corrected chi connectivity index (χ0v) is 32.1. The number of hydrogen-bond acceptors (Lipinski definition) is 9. The normalized spacial score (nSPS) is 14.5. The lowest BCUT2D eigenvalue weighted by atomic mass is 9.85. The van der Waals surface area contributed by atoms with Gasteiger partial charge in [-0.1, -0.05) is 81.4 Å². The number of carbonyl (C=O) groups excluding carboxylic acids is 4. The maximum Gasteiger partial charge on any atom is 0.407 e. The fourth-order valence-corrected chi connectivity index (χ4v) is 6.08. The Morgan fingerprint density at radius 1 is 0.731 bits per heavy atom. The van der Waals surface area contributed by atoms with E-state index in [0.717, 1.165) is 22.4 Å². The Balaban J connectivity index is 1.97. The van der Waals surface area contributed by atoms with E-state index in [4.69, 9.17) is 9.47 Å². The summed E-state index contributed by atoms with van der Waals surface area (Å²) in [6.07, 6.45) is 1.56. The Morgan fingerprint density at radius 3 is 1.83 bits per heavy atom. The summed E-state index contributed by atoms with van der Waals surface area (Å²) in [7, 11) is 2.46. The number of ether oxygens (including phenoxy) is 2. The van der Waals surface area contributed by atoms with E-state index in [0.29, 0.717) is 6.42 Å². The second-order valence-corrected chi connectivity index (χ2v) is 15.7. The second kappa shape index (κ2) is 19.3. The standard InChI is InChI=1S/C39H53N5O7S/c1-38(2,3)32(43-36(48)50-6)34(46)41-28(22-26-17-19-27(20-18-26)29-16-12-13-21-40-29)24-31(45)30(23-25-14-10-9-11-15-25)42-35(47)33(39(4,5)52-8)44-37(49)51-7/h9-21,28,30-33,45H,22-24H2,1-8H3,(H,41,46)(H,42,47)(H,43,48)(H,44,49). The third-order valence-corrected chi connectivity index (χ3v) is 10.2. The van der Waals surface area contributed by atoms with E-state index in [1.54, 1.807) is 6.20 Å². The molecule has 3 aromatic rings. The van der Waals surface area contributed by atoms with Gasteiger partial charge in [0.2, 0.25) is 11.8 Å². The van der Waals surface area contributed by atoms with Crippen molar-refractivity contribution in [3.8, 4) is 11.3 Å². The molecular formula is C39H53N5O7S. The number of hydrogen-bond donors (Lipinski definition) is 5. The Bertz CT molecular complexity index is 1600. The first kappa shape index (κ1) is 41.8. The van der Waals surface area contributed by atoms with E-state index >= 15 is 0 Å². The summed E-state index contributed by atoms with van der Waals surface area (Å²) in [5, 5.41) is 23.3. The molecule has 2 aromatic carbocycles. The number of aromatic nitrogens is 1. The molecule has 13 heteroatoms. The van der Waals surface area contributed by atoms with Crippen LogP contribution >= 0.6 is 11.8 Å². The van der Waals surface area contributed by atoms with Crippen molar-refractivity contribution in [1.82, 2.24) is 26.3 Å². The minimum Gasteiger partial charge on any atom is -0.453 e. The molecule has 0 saturated heterocycles. The first-order valence-electron chi connectivity index (χ1n) is 17.1. The quantitative estimate of drug-likeness (QED) is 0.138. The maximum absolute atomic E-state index is 13.9. The van der Waals surface area contributed by atoms with E-state index in [1.165, 1.54) is 26.0 Å². The van der Waals surface area contributed by atoms with Gasteiger partial charge in [0.25, 0.3) is 0 Å². The number of amides is 4. The predicted molar refractivity (Wildman–Crippen MR) is 204 cm³/mol. The molecule has 52 heavy (non-hydrogen) atoms. The molecule has 0 aliphatic carbocycles. The molecule has 5 N–H and O–H groups in total. The number of aliphatic hydroxyl groups is 1. The molecule has 0 saturated carbocycles. The number of alkyl carbamates (subject to hydrolysis) is 2. The number of methoxy groups -OCH3 is 2. The van der Waals surface area contributed by atoms with Crippen molar-refractivity contribution in [3.63, 3.8) is 0 Å². The SMILES string of the molecule is COC(=O)NC(C(=O)NC(Cc1ccc(-c2ccccn2)cc1)CC(O)C(Cc1ccccc1)NC(=O)C(NC(=O)OC)C(C)(C)SC)C(C)(C)C. The molecule has 4 amide bonds. The molecule has 3 rings (SSSR count). The topological polar surface area (TPSA) is 168 Å². The van der Waals surface area contributed by atoms with Crippen LogP contribution in [0.3, 0.4) is 0 Å². The smallest absolute Gasteiger partial charge is 0.407 e. The number of nitrogens with zero attached hydrogens (tertiary/aromatic N) is 1. The van der Waals surface area contributed by atoms with Gasteiger partial charge in [-0.05, 0) is 68.0 Å². The van der Waals surface area contributed by atoms with Crippen LogP contribution in [0.15, 0.2) is 79.0 Å². The number of aliphatic hydroxyl groups excluding tert-OH is 1. The number of pyridine rings is 1. The minimum absolute atomic E-state index is 0.0433. The first-order valence-corrected chi connectivity index (χ1v) is 18.4. The fraction of sp³-hybridized carbons (Fsp3) is 0.462. The van der Waals surface area contributed by atoms with E-state index in [9.17, 15) is 24.3 Å². The lowest BCUT2D eigenvalue weighted by Gasteiger charge is -2.35. The molecule has 1 aromatic heterocycles. The Hall–Kier alpha value is -4.62. The lowest BCUT2D eigenvalue weighted by molar-refractivity contribution is -0.127. The first-order chi connectivity index (χ1) is 24.6. The van der Waals surface area contributed by atoms with E-state index < -0.39 is 64.4 Å². The molecule has 282 valence electrons. The van der Waals surface area contributed by atoms with E-state index in [2.05, 4.69) is 26.3 Å². The Morgan fingerprint density at radius 2 is 1.29 bits per heavy atom. The lowest BCUT2D eigenvalue weighted by Crippen LogP contribution is -2.60. The molecule has 0 spiro atoms. The van der Waals surface area contributed by atoms with E-state index in [-0.39, 0.29) is 12.8 Å². The maximum atomic E-state index is 13.9. The zero-order chi connectivity index (χ0) is 38.5. The summed E-state index contributed by atoms with van der Waals surface area (Å²) in [5.41, 5.74) is 2.82. The van der Waals surface area contributed by atoms with Crippen LogP contribution in [0.4, 0.5) is 9.59 Å². The van der Waals surface area contributed by atoms with Crippen LogP contribution in [0.25, 0.3) is 11.3 Å². The van der Waals surface area contributed by atoms with Crippen LogP contribution in [-0.2, 0) is 31.9 Å². The van der Waals surface area contributed by atoms with Gasteiger partial charge < -0.3 is 35.8 Å². The van der Waals surface area contributed by atoms with Crippen molar-refractivity contribution < 1.29 is 33.8 Å². The number of carbonyl (C=O) groups is 4. The third kappa shape index (κ3) is 12.6. The van der Waals surface area contributed by atoms with Gasteiger partial charge in [-0.2, -0.15) is 11.8 Å². The van der Waals surface area contributed by atoms with Crippen LogP contribution in [0.2, 0.25) is 0 Å². The van der Waals surface area contributed by atoms with Gasteiger partial charge in [-0.15, -0.1) is 0 Å². The van der Waals surface area contributed by atoms with Gasteiger partial charge in [0, 0.05) is 22.5 Å².